The molecule has 0 saturated heterocycles. The molecule has 2 amide bonds. The third-order valence-electron chi connectivity index (χ3n) is 2.55. The van der Waals surface area contributed by atoms with Gasteiger partial charge in [-0.1, -0.05) is 30.3 Å². The van der Waals surface area contributed by atoms with Crippen LogP contribution in [0.15, 0.2) is 60.7 Å². The van der Waals surface area contributed by atoms with Gasteiger partial charge in [-0.2, -0.15) is 0 Å². The van der Waals surface area contributed by atoms with Crippen molar-refractivity contribution in [3.05, 3.63) is 66.2 Å². The number of rotatable bonds is 4. The highest BCUT2D eigenvalue weighted by atomic mass is 16.5. The number of nitrogens with one attached hydrogen (secondary N) is 1. The Morgan fingerprint density at radius 3 is 2.29 bits per heavy atom. The van der Waals surface area contributed by atoms with Crippen LogP contribution in [-0.4, -0.2) is 12.0 Å². The highest BCUT2D eigenvalue weighted by Gasteiger charge is 2.01. The van der Waals surface area contributed by atoms with Crippen LogP contribution in [-0.2, 0) is 4.79 Å². The number of amides is 2. The topological polar surface area (TPSA) is 81.4 Å². The molecule has 0 aliphatic carbocycles. The van der Waals surface area contributed by atoms with Gasteiger partial charge in [0.2, 0.25) is 0 Å². The lowest BCUT2D eigenvalue weighted by atomic mass is 10.2. The molecule has 2 aromatic rings. The summed E-state index contributed by atoms with van der Waals surface area (Å²) >= 11 is 0. The first-order valence-electron chi connectivity index (χ1n) is 6.25. The first kappa shape index (κ1) is 14.3. The maximum atomic E-state index is 11.6. The number of urea groups is 1. The lowest BCUT2D eigenvalue weighted by molar-refractivity contribution is -0.128. The van der Waals surface area contributed by atoms with Crippen molar-refractivity contribution in [2.45, 2.75) is 0 Å². The quantitative estimate of drug-likeness (QED) is 0.514. The van der Waals surface area contributed by atoms with E-state index in [4.69, 9.17) is 10.5 Å². The Labute approximate surface area is 122 Å². The molecule has 106 valence electrons. The summed E-state index contributed by atoms with van der Waals surface area (Å²) in [5, 5.41) is 2.42. The molecular formula is C16H14N2O3. The van der Waals surface area contributed by atoms with Gasteiger partial charge in [0.25, 0.3) is 0 Å². The van der Waals surface area contributed by atoms with Crippen molar-refractivity contribution in [1.29, 1.82) is 0 Å². The number of carbonyl (C=O) groups excluding carboxylic acids is 2. The van der Waals surface area contributed by atoms with E-state index in [1.807, 2.05) is 30.3 Å². The van der Waals surface area contributed by atoms with E-state index in [0.717, 1.165) is 5.56 Å². The van der Waals surface area contributed by atoms with Crippen LogP contribution in [0.3, 0.4) is 0 Å². The van der Waals surface area contributed by atoms with Crippen molar-refractivity contribution in [3.8, 4) is 5.75 Å². The third kappa shape index (κ3) is 4.83. The van der Waals surface area contributed by atoms with Crippen molar-refractivity contribution in [1.82, 2.24) is 0 Å². The molecule has 0 spiro atoms. The first-order chi connectivity index (χ1) is 10.1. The van der Waals surface area contributed by atoms with Gasteiger partial charge in [0.1, 0.15) is 5.75 Å². The van der Waals surface area contributed by atoms with E-state index in [2.05, 4.69) is 5.32 Å². The number of primary amides is 1. The number of ether oxygens (including phenoxy) is 1. The summed E-state index contributed by atoms with van der Waals surface area (Å²) in [6, 6.07) is 15.1. The van der Waals surface area contributed by atoms with Crippen molar-refractivity contribution in [2.24, 2.45) is 5.73 Å². The zero-order valence-corrected chi connectivity index (χ0v) is 11.2. The highest BCUT2D eigenvalue weighted by Crippen LogP contribution is 2.16. The van der Waals surface area contributed by atoms with Crippen LogP contribution in [0.1, 0.15) is 5.56 Å². The number of carbonyl (C=O) groups is 2. The van der Waals surface area contributed by atoms with Crippen LogP contribution in [0.2, 0.25) is 0 Å². The van der Waals surface area contributed by atoms with E-state index >= 15 is 0 Å². The summed E-state index contributed by atoms with van der Waals surface area (Å²) < 4.78 is 5.13. The van der Waals surface area contributed by atoms with E-state index in [1.165, 1.54) is 6.08 Å². The Bertz CT molecular complexity index is 649. The molecule has 5 heteroatoms. The molecule has 0 aromatic heterocycles. The second kappa shape index (κ2) is 6.91. The zero-order chi connectivity index (χ0) is 15.1. The Balaban J connectivity index is 1.93. The fourth-order valence-corrected chi connectivity index (χ4v) is 1.63. The molecule has 0 aliphatic heterocycles. The maximum absolute atomic E-state index is 11.6. The van der Waals surface area contributed by atoms with Crippen molar-refractivity contribution >= 4 is 23.8 Å². The fraction of sp³-hybridized carbons (Fsp3) is 0. The summed E-state index contributed by atoms with van der Waals surface area (Å²) in [4.78, 5) is 22.3. The van der Waals surface area contributed by atoms with Crippen molar-refractivity contribution < 1.29 is 14.3 Å². The second-order valence-electron chi connectivity index (χ2n) is 4.18. The molecule has 0 unspecified atom stereocenters. The monoisotopic (exact) mass is 282 g/mol. The van der Waals surface area contributed by atoms with Crippen molar-refractivity contribution in [3.63, 3.8) is 0 Å². The molecule has 0 atom stereocenters. The average molecular weight is 282 g/mol. The molecule has 0 bridgehead atoms. The van der Waals surface area contributed by atoms with Crippen LogP contribution >= 0.6 is 0 Å². The number of hydrogen-bond acceptors (Lipinski definition) is 3. The number of anilines is 1. The number of esters is 1. The largest absolute Gasteiger partial charge is 0.423 e. The molecule has 3 N–H and O–H groups in total. The molecule has 21 heavy (non-hydrogen) atoms. The van der Waals surface area contributed by atoms with E-state index in [1.54, 1.807) is 30.3 Å². The molecule has 0 heterocycles. The minimum absolute atomic E-state index is 0.382. The molecule has 0 saturated carbocycles. The average Bonchev–Trinajstić information content (AvgIpc) is 2.48. The van der Waals surface area contributed by atoms with Crippen LogP contribution in [0.25, 0.3) is 6.08 Å². The number of nitrogens with two attached hydrogens (primary N) is 1. The minimum Gasteiger partial charge on any atom is -0.423 e. The maximum Gasteiger partial charge on any atom is 0.336 e. The summed E-state index contributed by atoms with van der Waals surface area (Å²) in [7, 11) is 0. The van der Waals surface area contributed by atoms with Gasteiger partial charge in [0.15, 0.2) is 0 Å². The second-order valence-corrected chi connectivity index (χ2v) is 4.18. The zero-order valence-electron chi connectivity index (χ0n) is 11.2. The van der Waals surface area contributed by atoms with Crippen LogP contribution in [0.4, 0.5) is 10.5 Å². The molecule has 2 aromatic carbocycles. The van der Waals surface area contributed by atoms with Crippen LogP contribution in [0, 0.1) is 0 Å². The van der Waals surface area contributed by atoms with Gasteiger partial charge in [-0.25, -0.2) is 9.59 Å². The summed E-state index contributed by atoms with van der Waals surface area (Å²) in [6.07, 6.45) is 3.02. The SMILES string of the molecule is NC(=O)Nc1ccc(OC(=O)/C=C/c2ccccc2)cc1. The molecule has 0 aliphatic rings. The van der Waals surface area contributed by atoms with Gasteiger partial charge in [-0.15, -0.1) is 0 Å². The van der Waals surface area contributed by atoms with E-state index < -0.39 is 12.0 Å². The molecular weight excluding hydrogens is 268 g/mol. The van der Waals surface area contributed by atoms with E-state index in [9.17, 15) is 9.59 Å². The Morgan fingerprint density at radius 2 is 1.67 bits per heavy atom. The molecule has 5 nitrogen and oxygen atoms in total. The minimum atomic E-state index is -0.648. The lowest BCUT2D eigenvalue weighted by Crippen LogP contribution is -2.19. The summed E-state index contributed by atoms with van der Waals surface area (Å²) in [5.41, 5.74) is 6.44. The predicted molar refractivity (Wildman–Crippen MR) is 80.8 cm³/mol. The van der Waals surface area contributed by atoms with Gasteiger partial charge in [-0.3, -0.25) is 0 Å². The van der Waals surface area contributed by atoms with Crippen LogP contribution in [0.5, 0.6) is 5.75 Å². The molecule has 0 radical (unpaired) electrons. The summed E-state index contributed by atoms with van der Waals surface area (Å²) in [5.74, 6) is -0.0952. The third-order valence-corrected chi connectivity index (χ3v) is 2.55. The standard InChI is InChI=1S/C16H14N2O3/c17-16(20)18-13-7-9-14(10-8-13)21-15(19)11-6-12-4-2-1-3-5-12/h1-11H,(H3,17,18,20)/b11-6+. The normalized spacial score (nSPS) is 10.3. The number of benzene rings is 2. The van der Waals surface area contributed by atoms with Gasteiger partial charge < -0.3 is 15.8 Å². The molecule has 0 fully saturated rings. The van der Waals surface area contributed by atoms with Gasteiger partial charge >= 0.3 is 12.0 Å². The Morgan fingerprint density at radius 1 is 1.00 bits per heavy atom. The fourth-order valence-electron chi connectivity index (χ4n) is 1.63. The van der Waals surface area contributed by atoms with E-state index in [0.29, 0.717) is 11.4 Å². The summed E-state index contributed by atoms with van der Waals surface area (Å²) in [6.45, 7) is 0. The van der Waals surface area contributed by atoms with E-state index in [-0.39, 0.29) is 0 Å². The van der Waals surface area contributed by atoms with Gasteiger partial charge in [-0.05, 0) is 35.9 Å². The highest BCUT2D eigenvalue weighted by molar-refractivity contribution is 5.89. The van der Waals surface area contributed by atoms with Crippen molar-refractivity contribution in [2.75, 3.05) is 5.32 Å². The first-order valence-corrected chi connectivity index (χ1v) is 6.25. The van der Waals surface area contributed by atoms with Gasteiger partial charge in [0, 0.05) is 11.8 Å². The molecule has 2 rings (SSSR count). The predicted octanol–water partition coefficient (Wildman–Crippen LogP) is 2.80. The lowest BCUT2D eigenvalue weighted by Gasteiger charge is -2.04. The number of hydrogen-bond donors (Lipinski definition) is 2. The smallest absolute Gasteiger partial charge is 0.336 e. The van der Waals surface area contributed by atoms with Crippen LogP contribution < -0.4 is 15.8 Å². The van der Waals surface area contributed by atoms with Gasteiger partial charge in [0.05, 0.1) is 0 Å². The Hall–Kier alpha value is -3.08. The Kier molecular flexibility index (Phi) is 4.71.